The highest BCUT2D eigenvalue weighted by atomic mass is 127. The number of hydrogen-bond acceptors (Lipinski definition) is 10. The molecule has 4 heterocycles. The summed E-state index contributed by atoms with van der Waals surface area (Å²) in [5.41, 5.74) is -2.90. The standard InChI is InChI=1S/C23H22BF3O4.C16H15BF3IO4.C7H9BO2/c1-13-6-8-14(9-7-13)15-10-16(23(25,26)27)12-17(11-15)24-18(21(2,3)19(28)30-24)22(4,5)20(29)31-24;1-14(2)11-15(3,4)13(23)25-17(11,24-12(14)22)9-5-8(16(18,19)20)6-10(21)7-9;1-6-2-4-7(5-3-6)8(9)10/h6-12H,1-5H3;5-7H,1-4H3;2-5,9-10H,1H3. The smallest absolute Gasteiger partial charge is 0.589 e. The van der Waals surface area contributed by atoms with E-state index in [-0.39, 0.29) is 10.9 Å². The number of aryl methyl sites for hydroxylation is 2. The fourth-order valence-electron chi connectivity index (χ4n) is 9.67. The van der Waals surface area contributed by atoms with Crippen LogP contribution in [0.2, 0.25) is 0 Å². The van der Waals surface area contributed by atoms with Crippen LogP contribution in [0.15, 0.2) is 84.9 Å². The fraction of sp³-hybridized carbons (Fsp3) is 0.348. The highest BCUT2D eigenvalue weighted by molar-refractivity contribution is 14.1. The molecule has 0 aliphatic carbocycles. The molecule has 10 nitrogen and oxygen atoms in total. The quantitative estimate of drug-likeness (QED) is 0.0912. The van der Waals surface area contributed by atoms with Crippen molar-refractivity contribution >= 4 is 83.1 Å². The minimum atomic E-state index is -4.64. The van der Waals surface area contributed by atoms with Gasteiger partial charge in [0.1, 0.15) is 0 Å². The van der Waals surface area contributed by atoms with Crippen LogP contribution < -0.4 is 16.4 Å². The summed E-state index contributed by atoms with van der Waals surface area (Å²) in [6.45, 7) is 11.0. The molecule has 2 N–H and O–H groups in total. The Kier molecular flexibility index (Phi) is 12.7. The molecule has 4 saturated heterocycles. The average molecular weight is 1030 g/mol. The van der Waals surface area contributed by atoms with Gasteiger partial charge < -0.3 is 28.7 Å². The van der Waals surface area contributed by atoms with Crippen LogP contribution in [-0.4, -0.2) is 54.1 Å². The molecule has 0 aromatic heterocycles. The van der Waals surface area contributed by atoms with Gasteiger partial charge in [0, 0.05) is 15.2 Å². The minimum absolute atomic E-state index is 0.0262. The Hall–Kier alpha value is -5.08. The van der Waals surface area contributed by atoms with Crippen LogP contribution in [-0.2, 0) is 50.1 Å². The Balaban J connectivity index is 0.000000183. The normalized spacial score (nSPS) is 20.1. The molecule has 0 amide bonds. The molecule has 4 aromatic rings. The van der Waals surface area contributed by atoms with Crippen molar-refractivity contribution in [3.05, 3.63) is 122 Å². The van der Waals surface area contributed by atoms with Gasteiger partial charge in [-0.3, -0.25) is 19.2 Å². The molecule has 8 rings (SSSR count). The summed E-state index contributed by atoms with van der Waals surface area (Å²) in [7, 11) is -1.35. The lowest BCUT2D eigenvalue weighted by Crippen LogP contribution is -2.55. The second kappa shape index (κ2) is 16.6. The van der Waals surface area contributed by atoms with Crippen LogP contribution in [0.25, 0.3) is 11.1 Å². The van der Waals surface area contributed by atoms with Gasteiger partial charge in [-0.05, 0) is 121 Å². The van der Waals surface area contributed by atoms with E-state index in [1.807, 2.05) is 26.0 Å². The molecule has 0 unspecified atom stereocenters. The van der Waals surface area contributed by atoms with Crippen molar-refractivity contribution in [1.82, 2.24) is 0 Å². The summed E-state index contributed by atoms with van der Waals surface area (Å²) in [5, 5.41) is 17.3. The van der Waals surface area contributed by atoms with Crippen molar-refractivity contribution < 1.29 is 74.2 Å². The first kappa shape index (κ1) is 50.3. The van der Waals surface area contributed by atoms with E-state index in [2.05, 4.69) is 0 Å². The Morgan fingerprint density at radius 3 is 1.20 bits per heavy atom. The molecule has 0 atom stereocenters. The largest absolute Gasteiger partial charge is 0.609 e. The maximum absolute atomic E-state index is 13.8. The van der Waals surface area contributed by atoms with Gasteiger partial charge in [-0.15, -0.1) is 0 Å². The molecule has 4 aromatic carbocycles. The third-order valence-corrected chi connectivity index (χ3v) is 13.4. The molecule has 0 bridgehead atoms. The number of benzene rings is 4. The van der Waals surface area contributed by atoms with Gasteiger partial charge in [-0.1, -0.05) is 94.8 Å². The van der Waals surface area contributed by atoms with Crippen LogP contribution in [0.4, 0.5) is 26.3 Å². The van der Waals surface area contributed by atoms with E-state index in [1.54, 1.807) is 114 Å². The summed E-state index contributed by atoms with van der Waals surface area (Å²) in [6, 6.07) is 20.9. The molecular weight excluding hydrogens is 986 g/mol. The van der Waals surface area contributed by atoms with Gasteiger partial charge in [-0.25, -0.2) is 0 Å². The third-order valence-electron chi connectivity index (χ3n) is 12.8. The van der Waals surface area contributed by atoms with E-state index in [0.29, 0.717) is 31.8 Å². The summed E-state index contributed by atoms with van der Waals surface area (Å²) >= 11 is 1.76. The van der Waals surface area contributed by atoms with E-state index in [0.717, 1.165) is 35.4 Å². The highest BCUT2D eigenvalue weighted by Crippen LogP contribution is 2.60. The SMILES string of the molecule is CC1(C)C(=O)O[B-]2(c3cc(I)cc(C(F)(F)F)c3)OC(=O)C(C)(C)[C+]21.Cc1ccc(-c2cc([B-]34OC(=O)C(C)(C)[C+]3C(C)(C)C(=O)O4)cc(C(F)(F)F)c2)cc1.Cc1ccc(B(O)O)cc1. The van der Waals surface area contributed by atoms with Crippen molar-refractivity contribution in [2.75, 3.05) is 0 Å². The number of halogens is 7. The van der Waals surface area contributed by atoms with E-state index in [9.17, 15) is 45.5 Å². The van der Waals surface area contributed by atoms with E-state index < -0.39 is 89.2 Å². The van der Waals surface area contributed by atoms with Crippen molar-refractivity contribution in [3.8, 4) is 11.1 Å². The van der Waals surface area contributed by atoms with Crippen molar-refractivity contribution in [2.24, 2.45) is 21.7 Å². The first-order valence-corrected chi connectivity index (χ1v) is 21.8. The Bertz CT molecular complexity index is 2530. The lowest BCUT2D eigenvalue weighted by atomic mass is 9.36. The molecule has 4 fully saturated rings. The average Bonchev–Trinajstić information content (AvgIpc) is 3.73. The third kappa shape index (κ3) is 8.68. The monoisotopic (exact) mass is 1030 g/mol. The van der Waals surface area contributed by atoms with Crippen LogP contribution in [0.1, 0.15) is 77.6 Å². The molecule has 0 saturated carbocycles. The second-order valence-corrected chi connectivity index (χ2v) is 20.4. The Labute approximate surface area is 392 Å². The summed E-state index contributed by atoms with van der Waals surface area (Å²) in [5.74, 6) is -1.74. The molecule has 4 aliphatic heterocycles. The van der Waals surface area contributed by atoms with Crippen LogP contribution in [0, 0.1) is 50.7 Å². The maximum atomic E-state index is 13.8. The number of carbonyl (C=O) groups is 4. The molecular formula is C46H46B3F6IO10. The predicted molar refractivity (Wildman–Crippen MR) is 244 cm³/mol. The van der Waals surface area contributed by atoms with Gasteiger partial charge >= 0.3 is 56.5 Å². The second-order valence-electron chi connectivity index (χ2n) is 19.1. The van der Waals surface area contributed by atoms with Gasteiger partial charge in [0.25, 0.3) is 0 Å². The van der Waals surface area contributed by atoms with E-state index >= 15 is 0 Å². The van der Waals surface area contributed by atoms with Gasteiger partial charge in [0.2, 0.25) is 0 Å². The number of carbonyl (C=O) groups excluding carboxylic acids is 4. The van der Waals surface area contributed by atoms with Gasteiger partial charge in [0.05, 0.1) is 11.1 Å². The van der Waals surface area contributed by atoms with Gasteiger partial charge in [0.15, 0.2) is 21.7 Å². The zero-order valence-corrected chi connectivity index (χ0v) is 39.8. The summed E-state index contributed by atoms with van der Waals surface area (Å²) in [6.07, 6.45) is -9.21. The van der Waals surface area contributed by atoms with Crippen molar-refractivity contribution in [1.29, 1.82) is 0 Å². The first-order valence-electron chi connectivity index (χ1n) is 20.7. The van der Waals surface area contributed by atoms with Crippen molar-refractivity contribution in [3.63, 3.8) is 0 Å². The molecule has 348 valence electrons. The maximum Gasteiger partial charge on any atom is 0.589 e. The fourth-order valence-corrected chi connectivity index (χ4v) is 10.4. The highest BCUT2D eigenvalue weighted by Gasteiger charge is 2.81. The topological polar surface area (TPSA) is 146 Å². The zero-order chi connectivity index (χ0) is 49.5. The summed E-state index contributed by atoms with van der Waals surface area (Å²) < 4.78 is 104. The van der Waals surface area contributed by atoms with Crippen LogP contribution in [0.3, 0.4) is 0 Å². The molecule has 4 aliphatic rings. The number of hydrogen-bond donors (Lipinski definition) is 2. The molecule has 66 heavy (non-hydrogen) atoms. The van der Waals surface area contributed by atoms with Crippen LogP contribution in [0.5, 0.6) is 0 Å². The van der Waals surface area contributed by atoms with Gasteiger partial charge in [-0.2, -0.15) is 26.3 Å². The van der Waals surface area contributed by atoms with E-state index in [1.165, 1.54) is 12.1 Å². The Morgan fingerprint density at radius 1 is 0.515 bits per heavy atom. The number of fused-ring (bicyclic) bond motifs is 2. The lowest BCUT2D eigenvalue weighted by Gasteiger charge is -2.29. The van der Waals surface area contributed by atoms with E-state index in [4.69, 9.17) is 28.7 Å². The zero-order valence-electron chi connectivity index (χ0n) is 37.6. The first-order chi connectivity index (χ1) is 30.1. The lowest BCUT2D eigenvalue weighted by molar-refractivity contribution is -0.149. The molecule has 0 radical (unpaired) electrons. The minimum Gasteiger partial charge on any atom is -0.609 e. The van der Waals surface area contributed by atoms with Crippen molar-refractivity contribution in [2.45, 2.75) is 81.6 Å². The van der Waals surface area contributed by atoms with Crippen LogP contribution >= 0.6 is 22.6 Å². The molecule has 20 heteroatoms. The molecule has 0 spiro atoms. The number of rotatable bonds is 4. The number of alkyl halides is 6. The predicted octanol–water partition coefficient (Wildman–Crippen LogP) is 7.52. The Morgan fingerprint density at radius 2 is 0.848 bits per heavy atom. The summed E-state index contributed by atoms with van der Waals surface area (Å²) in [4.78, 5) is 50.2.